The molecule has 5 heteroatoms. The lowest BCUT2D eigenvalue weighted by molar-refractivity contribution is -0.122. The van der Waals surface area contributed by atoms with Crippen LogP contribution in [0.3, 0.4) is 0 Å². The summed E-state index contributed by atoms with van der Waals surface area (Å²) in [6.45, 7) is 0.917. The van der Waals surface area contributed by atoms with E-state index in [1.54, 1.807) is 24.3 Å². The number of nitrogens with zero attached hydrogens (tertiary/aromatic N) is 2. The Morgan fingerprint density at radius 3 is 2.88 bits per heavy atom. The number of primary amides is 1. The standard InChI is InChI=1S/C11H15N3OS/c12-11(15)10-3-1-2-8-14(10)16-9-4-6-13-7-5-9/h4-7,10H,1-3,8H2,(H2,12,15)/t10-/m1/s1. The van der Waals surface area contributed by atoms with Gasteiger partial charge in [0.1, 0.15) is 0 Å². The van der Waals surface area contributed by atoms with Crippen LogP contribution in [0.15, 0.2) is 29.4 Å². The highest BCUT2D eigenvalue weighted by molar-refractivity contribution is 7.97. The fraction of sp³-hybridized carbons (Fsp3) is 0.455. The highest BCUT2D eigenvalue weighted by Gasteiger charge is 2.27. The maximum Gasteiger partial charge on any atom is 0.235 e. The predicted molar refractivity (Wildman–Crippen MR) is 63.6 cm³/mol. The maximum absolute atomic E-state index is 11.3. The number of pyridine rings is 1. The van der Waals surface area contributed by atoms with E-state index in [0.717, 1.165) is 30.7 Å². The summed E-state index contributed by atoms with van der Waals surface area (Å²) in [7, 11) is 0. The Hall–Kier alpha value is -1.07. The molecule has 0 unspecified atom stereocenters. The van der Waals surface area contributed by atoms with Crippen molar-refractivity contribution in [2.24, 2.45) is 5.73 Å². The van der Waals surface area contributed by atoms with E-state index >= 15 is 0 Å². The minimum absolute atomic E-state index is 0.132. The molecular formula is C11H15N3OS. The maximum atomic E-state index is 11.3. The van der Waals surface area contributed by atoms with E-state index in [1.807, 2.05) is 12.1 Å². The van der Waals surface area contributed by atoms with E-state index in [-0.39, 0.29) is 11.9 Å². The van der Waals surface area contributed by atoms with Gasteiger partial charge in [0.05, 0.1) is 6.04 Å². The third-order valence-corrected chi connectivity index (χ3v) is 3.81. The molecule has 86 valence electrons. The third kappa shape index (κ3) is 2.74. The topological polar surface area (TPSA) is 59.2 Å². The molecule has 0 radical (unpaired) electrons. The molecule has 1 fully saturated rings. The van der Waals surface area contributed by atoms with Crippen LogP contribution in [0.1, 0.15) is 19.3 Å². The summed E-state index contributed by atoms with van der Waals surface area (Å²) in [5.74, 6) is -0.221. The zero-order valence-corrected chi connectivity index (χ0v) is 9.82. The van der Waals surface area contributed by atoms with Crippen molar-refractivity contribution in [3.63, 3.8) is 0 Å². The lowest BCUT2D eigenvalue weighted by Crippen LogP contribution is -2.43. The van der Waals surface area contributed by atoms with Crippen LogP contribution < -0.4 is 5.73 Å². The summed E-state index contributed by atoms with van der Waals surface area (Å²) in [5, 5.41) is 0. The van der Waals surface area contributed by atoms with Crippen molar-refractivity contribution in [3.8, 4) is 0 Å². The normalized spacial score (nSPS) is 21.9. The zero-order chi connectivity index (χ0) is 11.4. The van der Waals surface area contributed by atoms with Crippen molar-refractivity contribution in [2.75, 3.05) is 6.54 Å². The fourth-order valence-electron chi connectivity index (χ4n) is 1.83. The van der Waals surface area contributed by atoms with E-state index in [2.05, 4.69) is 9.29 Å². The molecule has 0 saturated carbocycles. The van der Waals surface area contributed by atoms with Gasteiger partial charge in [-0.2, -0.15) is 0 Å². The molecule has 1 aliphatic rings. The number of nitrogens with two attached hydrogens (primary N) is 1. The molecule has 2 N–H and O–H groups in total. The van der Waals surface area contributed by atoms with Gasteiger partial charge < -0.3 is 5.73 Å². The molecular weight excluding hydrogens is 222 g/mol. The van der Waals surface area contributed by atoms with Crippen LogP contribution in [0.2, 0.25) is 0 Å². The molecule has 0 aromatic carbocycles. The number of carbonyl (C=O) groups is 1. The van der Waals surface area contributed by atoms with Crippen molar-refractivity contribution in [1.82, 2.24) is 9.29 Å². The van der Waals surface area contributed by atoms with E-state index < -0.39 is 0 Å². The minimum Gasteiger partial charge on any atom is -0.368 e. The van der Waals surface area contributed by atoms with Crippen LogP contribution in [0.5, 0.6) is 0 Å². The Morgan fingerprint density at radius 1 is 1.44 bits per heavy atom. The number of aromatic nitrogens is 1. The second-order valence-electron chi connectivity index (χ2n) is 3.83. The first-order valence-electron chi connectivity index (χ1n) is 5.41. The van der Waals surface area contributed by atoms with Gasteiger partial charge in [0.15, 0.2) is 0 Å². The van der Waals surface area contributed by atoms with Crippen molar-refractivity contribution in [3.05, 3.63) is 24.5 Å². The molecule has 1 amide bonds. The quantitative estimate of drug-likeness (QED) is 0.808. The highest BCUT2D eigenvalue weighted by atomic mass is 32.2. The predicted octanol–water partition coefficient (Wildman–Crippen LogP) is 1.43. The summed E-state index contributed by atoms with van der Waals surface area (Å²) < 4.78 is 2.08. The molecule has 1 aromatic heterocycles. The van der Waals surface area contributed by atoms with Crippen LogP contribution in [-0.4, -0.2) is 27.8 Å². The number of hydrogen-bond donors (Lipinski definition) is 1. The zero-order valence-electron chi connectivity index (χ0n) is 9.00. The van der Waals surface area contributed by atoms with E-state index in [4.69, 9.17) is 5.73 Å². The number of piperidine rings is 1. The minimum atomic E-state index is -0.221. The van der Waals surface area contributed by atoms with Gasteiger partial charge >= 0.3 is 0 Å². The average Bonchev–Trinajstić information content (AvgIpc) is 2.31. The lowest BCUT2D eigenvalue weighted by atomic mass is 10.0. The number of amides is 1. The first kappa shape index (κ1) is 11.4. The summed E-state index contributed by atoms with van der Waals surface area (Å²) in [5.41, 5.74) is 5.40. The van der Waals surface area contributed by atoms with Crippen LogP contribution in [0.4, 0.5) is 0 Å². The monoisotopic (exact) mass is 237 g/mol. The molecule has 2 heterocycles. The number of carbonyl (C=O) groups excluding carboxylic acids is 1. The molecule has 1 saturated heterocycles. The molecule has 0 bridgehead atoms. The summed E-state index contributed by atoms with van der Waals surface area (Å²) >= 11 is 1.59. The highest BCUT2D eigenvalue weighted by Crippen LogP contribution is 2.29. The van der Waals surface area contributed by atoms with Crippen molar-refractivity contribution < 1.29 is 4.79 Å². The van der Waals surface area contributed by atoms with E-state index in [9.17, 15) is 4.79 Å². The SMILES string of the molecule is NC(=O)[C@H]1CCCCN1Sc1ccncc1. The smallest absolute Gasteiger partial charge is 0.235 e. The molecule has 0 spiro atoms. The van der Waals surface area contributed by atoms with Gasteiger partial charge in [-0.25, -0.2) is 4.31 Å². The van der Waals surface area contributed by atoms with Crippen LogP contribution in [-0.2, 0) is 4.79 Å². The second kappa shape index (κ2) is 5.32. The Kier molecular flexibility index (Phi) is 3.79. The van der Waals surface area contributed by atoms with Crippen LogP contribution in [0.25, 0.3) is 0 Å². The third-order valence-electron chi connectivity index (χ3n) is 2.65. The van der Waals surface area contributed by atoms with Gasteiger partial charge in [-0.1, -0.05) is 6.42 Å². The average molecular weight is 237 g/mol. The molecule has 0 aliphatic carbocycles. The summed E-state index contributed by atoms with van der Waals surface area (Å²) in [6.07, 6.45) is 6.59. The van der Waals surface area contributed by atoms with Crippen molar-refractivity contribution >= 4 is 17.9 Å². The van der Waals surface area contributed by atoms with Gasteiger partial charge in [-0.3, -0.25) is 9.78 Å². The Labute approximate surface area is 99.4 Å². The van der Waals surface area contributed by atoms with Gasteiger partial charge in [0.25, 0.3) is 0 Å². The molecule has 4 nitrogen and oxygen atoms in total. The molecule has 1 aromatic rings. The largest absolute Gasteiger partial charge is 0.368 e. The summed E-state index contributed by atoms with van der Waals surface area (Å²) in [6, 6.07) is 3.75. The molecule has 16 heavy (non-hydrogen) atoms. The molecule has 1 atom stereocenters. The molecule has 2 rings (SSSR count). The van der Waals surface area contributed by atoms with Crippen molar-refractivity contribution in [1.29, 1.82) is 0 Å². The van der Waals surface area contributed by atoms with Crippen LogP contribution >= 0.6 is 11.9 Å². The number of hydrogen-bond acceptors (Lipinski definition) is 4. The Morgan fingerprint density at radius 2 is 2.19 bits per heavy atom. The van der Waals surface area contributed by atoms with E-state index in [0.29, 0.717) is 0 Å². The van der Waals surface area contributed by atoms with Gasteiger partial charge in [-0.15, -0.1) is 0 Å². The fourth-order valence-corrected chi connectivity index (χ4v) is 2.90. The first-order chi connectivity index (χ1) is 7.77. The summed E-state index contributed by atoms with van der Waals surface area (Å²) in [4.78, 5) is 16.4. The van der Waals surface area contributed by atoms with Gasteiger partial charge in [-0.05, 0) is 36.9 Å². The van der Waals surface area contributed by atoms with E-state index in [1.165, 1.54) is 0 Å². The van der Waals surface area contributed by atoms with Gasteiger partial charge in [0, 0.05) is 23.8 Å². The molecule has 1 aliphatic heterocycles. The lowest BCUT2D eigenvalue weighted by Gasteiger charge is -2.32. The Balaban J connectivity index is 2.04. The number of rotatable bonds is 3. The first-order valence-corrected chi connectivity index (χ1v) is 6.18. The van der Waals surface area contributed by atoms with Crippen LogP contribution in [0, 0.1) is 0 Å². The van der Waals surface area contributed by atoms with Crippen molar-refractivity contribution in [2.45, 2.75) is 30.2 Å². The van der Waals surface area contributed by atoms with Gasteiger partial charge in [0.2, 0.25) is 5.91 Å². The second-order valence-corrected chi connectivity index (χ2v) is 4.95. The Bertz CT molecular complexity index is 358.